The number of aryl methyl sites for hydroxylation is 3. The maximum absolute atomic E-state index is 12.9. The molecule has 3 aliphatic heterocycles. The van der Waals surface area contributed by atoms with Crippen LogP contribution in [-0.2, 0) is 38.4 Å². The Hall–Kier alpha value is -3.38. The fraction of sp³-hybridized carbons (Fsp3) is 0.655. The molecule has 0 radical (unpaired) electrons. The third-order valence-corrected chi connectivity index (χ3v) is 8.01. The highest BCUT2D eigenvalue weighted by atomic mass is 16.5. The Balaban J connectivity index is 0.000000367. The first-order valence-corrected chi connectivity index (χ1v) is 14.5. The van der Waals surface area contributed by atoms with Crippen LogP contribution in [0.2, 0.25) is 0 Å². The van der Waals surface area contributed by atoms with Crippen molar-refractivity contribution in [2.45, 2.75) is 71.8 Å². The first-order chi connectivity index (χ1) is 19.8. The second kappa shape index (κ2) is 14.5. The number of amides is 1. The van der Waals surface area contributed by atoms with Gasteiger partial charge in [-0.3, -0.25) is 14.3 Å². The third kappa shape index (κ3) is 8.10. The fourth-order valence-corrected chi connectivity index (χ4v) is 5.45. The summed E-state index contributed by atoms with van der Waals surface area (Å²) >= 11 is 0. The van der Waals surface area contributed by atoms with E-state index in [-0.39, 0.29) is 17.2 Å². The highest BCUT2D eigenvalue weighted by Gasteiger charge is 2.39. The second-order valence-corrected chi connectivity index (χ2v) is 10.9. The molecule has 41 heavy (non-hydrogen) atoms. The smallest absolute Gasteiger partial charge is 0.341 e. The average molecular weight is 572 g/mol. The highest BCUT2D eigenvalue weighted by Crippen LogP contribution is 2.37. The minimum atomic E-state index is -0.682. The van der Waals surface area contributed by atoms with Gasteiger partial charge >= 0.3 is 11.9 Å². The van der Waals surface area contributed by atoms with Crippen molar-refractivity contribution in [3.63, 3.8) is 0 Å². The highest BCUT2D eigenvalue weighted by molar-refractivity contribution is 5.94. The zero-order valence-electron chi connectivity index (χ0n) is 24.0. The number of ether oxygens (including phenoxy) is 3. The van der Waals surface area contributed by atoms with Gasteiger partial charge in [0.1, 0.15) is 11.5 Å². The molecular weight excluding hydrogens is 530 g/mol. The van der Waals surface area contributed by atoms with Crippen LogP contribution < -0.4 is 5.32 Å². The van der Waals surface area contributed by atoms with E-state index in [0.29, 0.717) is 62.8 Å². The summed E-state index contributed by atoms with van der Waals surface area (Å²) < 4.78 is 17.7. The Labute approximate surface area is 240 Å². The molecule has 2 fully saturated rings. The lowest BCUT2D eigenvalue weighted by Gasteiger charge is -2.36. The van der Waals surface area contributed by atoms with Crippen LogP contribution in [0.15, 0.2) is 12.4 Å². The summed E-state index contributed by atoms with van der Waals surface area (Å²) in [6, 6.07) is 0. The predicted molar refractivity (Wildman–Crippen MR) is 148 cm³/mol. The van der Waals surface area contributed by atoms with Crippen molar-refractivity contribution in [2.75, 3.05) is 39.6 Å². The molecule has 0 atom stereocenters. The van der Waals surface area contributed by atoms with E-state index in [1.54, 1.807) is 6.92 Å². The lowest BCUT2D eigenvalue weighted by Crippen LogP contribution is -2.40. The fourth-order valence-electron chi connectivity index (χ4n) is 5.45. The second-order valence-electron chi connectivity index (χ2n) is 10.9. The van der Waals surface area contributed by atoms with Crippen molar-refractivity contribution < 1.29 is 33.7 Å². The molecule has 224 valence electrons. The minimum absolute atomic E-state index is 0.0294. The van der Waals surface area contributed by atoms with Crippen LogP contribution >= 0.6 is 0 Å². The number of unbranched alkanes of at least 4 members (excludes halogenated alkanes) is 1. The van der Waals surface area contributed by atoms with Crippen LogP contribution in [0.4, 0.5) is 0 Å². The summed E-state index contributed by atoms with van der Waals surface area (Å²) in [5.41, 5.74) is 3.17. The van der Waals surface area contributed by atoms with Gasteiger partial charge in [-0.1, -0.05) is 0 Å². The molecule has 12 nitrogen and oxygen atoms in total. The maximum Gasteiger partial charge on any atom is 0.341 e. The number of nitrogens with one attached hydrogen (secondary N) is 1. The molecule has 3 aliphatic rings. The quantitative estimate of drug-likeness (QED) is 0.357. The molecule has 2 N–H and O–H groups in total. The molecule has 0 aromatic carbocycles. The summed E-state index contributed by atoms with van der Waals surface area (Å²) in [5.74, 6) is -0.661. The summed E-state index contributed by atoms with van der Waals surface area (Å²) in [6.07, 6.45) is 9.35. The molecule has 5 heterocycles. The molecule has 5 rings (SSSR count). The summed E-state index contributed by atoms with van der Waals surface area (Å²) in [6.45, 7) is 8.13. The van der Waals surface area contributed by atoms with Crippen molar-refractivity contribution >= 4 is 17.8 Å². The zero-order chi connectivity index (χ0) is 29.2. The van der Waals surface area contributed by atoms with E-state index in [4.69, 9.17) is 24.4 Å². The van der Waals surface area contributed by atoms with E-state index in [0.717, 1.165) is 63.0 Å². The number of aliphatic carboxylic acids is 1. The maximum atomic E-state index is 12.9. The van der Waals surface area contributed by atoms with E-state index in [1.807, 2.05) is 11.6 Å². The molecule has 2 aromatic heterocycles. The van der Waals surface area contributed by atoms with Gasteiger partial charge in [0.25, 0.3) is 5.91 Å². The number of rotatable bonds is 8. The van der Waals surface area contributed by atoms with E-state index in [9.17, 15) is 14.4 Å². The van der Waals surface area contributed by atoms with Crippen LogP contribution in [-0.4, -0.2) is 82.3 Å². The molecule has 0 saturated carbocycles. The van der Waals surface area contributed by atoms with Crippen LogP contribution in [0.3, 0.4) is 0 Å². The third-order valence-electron chi connectivity index (χ3n) is 8.01. The summed E-state index contributed by atoms with van der Waals surface area (Å²) in [4.78, 5) is 43.3. The Morgan fingerprint density at radius 1 is 1.12 bits per heavy atom. The van der Waals surface area contributed by atoms with E-state index in [2.05, 4.69) is 15.3 Å². The number of aromatic nitrogens is 4. The number of esters is 1. The Morgan fingerprint density at radius 2 is 1.80 bits per heavy atom. The number of hydrogen-bond donors (Lipinski definition) is 2. The molecule has 2 saturated heterocycles. The molecule has 1 spiro atoms. The van der Waals surface area contributed by atoms with Crippen molar-refractivity contribution in [2.24, 2.45) is 11.3 Å². The number of carboxylic acids is 1. The van der Waals surface area contributed by atoms with Crippen LogP contribution in [0.5, 0.6) is 0 Å². The first-order valence-electron chi connectivity index (χ1n) is 14.5. The normalized spacial score (nSPS) is 18.4. The molecule has 1 amide bonds. The van der Waals surface area contributed by atoms with Crippen LogP contribution in [0.1, 0.15) is 83.4 Å². The lowest BCUT2D eigenvalue weighted by molar-refractivity contribution is -0.144. The van der Waals surface area contributed by atoms with Gasteiger partial charge < -0.3 is 24.6 Å². The van der Waals surface area contributed by atoms with E-state index in [1.165, 1.54) is 12.4 Å². The van der Waals surface area contributed by atoms with E-state index >= 15 is 0 Å². The average Bonchev–Trinajstić information content (AvgIpc) is 3.27. The van der Waals surface area contributed by atoms with Crippen LogP contribution in [0.25, 0.3) is 0 Å². The standard InChI is InChI=1S/C23H31N5O4.C6H10O3/c1-3-28-20-18(12-23(15-26-21(20)29)7-10-31-11-8-23)19(27-28)6-4-5-9-32-22(30)17-13-24-16(2)25-14-17;7-6(8)5-1-3-9-4-2-5/h13-14H,3-12,15H2,1-2H3,(H,26,29);5H,1-4H2,(H,7,8). The molecule has 2 aromatic rings. The molecule has 0 aliphatic carbocycles. The number of carbonyl (C=O) groups excluding carboxylic acids is 2. The van der Waals surface area contributed by atoms with Gasteiger partial charge in [0, 0.05) is 57.5 Å². The Kier molecular flexibility index (Phi) is 10.8. The number of nitrogens with zero attached hydrogens (tertiary/aromatic N) is 4. The van der Waals surface area contributed by atoms with Crippen molar-refractivity contribution in [3.05, 3.63) is 40.7 Å². The van der Waals surface area contributed by atoms with Gasteiger partial charge in [0.2, 0.25) is 0 Å². The predicted octanol–water partition coefficient (Wildman–Crippen LogP) is 2.76. The molecular formula is C29H41N5O7. The minimum Gasteiger partial charge on any atom is -0.481 e. The van der Waals surface area contributed by atoms with E-state index < -0.39 is 11.9 Å². The van der Waals surface area contributed by atoms with Gasteiger partial charge in [-0.2, -0.15) is 5.10 Å². The monoisotopic (exact) mass is 571 g/mol. The Bertz CT molecular complexity index is 1180. The molecule has 0 bridgehead atoms. The SMILES string of the molecule is CCn1nc(CCCCOC(=O)c2cnc(C)nc2)c2c1C(=O)NCC1(CCOCC1)C2.O=C(O)C1CCOCC1. The molecule has 0 unspecified atom stereocenters. The topological polar surface area (TPSA) is 155 Å². The number of hydrogen-bond acceptors (Lipinski definition) is 9. The summed E-state index contributed by atoms with van der Waals surface area (Å²) in [7, 11) is 0. The molecule has 12 heteroatoms. The number of carbonyl (C=O) groups is 3. The largest absolute Gasteiger partial charge is 0.481 e. The van der Waals surface area contributed by atoms with Crippen molar-refractivity contribution in [1.29, 1.82) is 0 Å². The Morgan fingerprint density at radius 3 is 2.44 bits per heavy atom. The van der Waals surface area contributed by atoms with Crippen molar-refractivity contribution in [1.82, 2.24) is 25.1 Å². The number of fused-ring (bicyclic) bond motifs is 1. The van der Waals surface area contributed by atoms with Gasteiger partial charge in [0.15, 0.2) is 0 Å². The first kappa shape index (κ1) is 30.6. The van der Waals surface area contributed by atoms with Crippen molar-refractivity contribution in [3.8, 4) is 0 Å². The zero-order valence-corrected chi connectivity index (χ0v) is 24.0. The van der Waals surface area contributed by atoms with Crippen LogP contribution in [0, 0.1) is 18.3 Å². The van der Waals surface area contributed by atoms with Gasteiger partial charge in [-0.05, 0) is 70.6 Å². The van der Waals surface area contributed by atoms with Gasteiger partial charge in [-0.15, -0.1) is 0 Å². The summed E-state index contributed by atoms with van der Waals surface area (Å²) in [5, 5.41) is 16.4. The number of carboxylic acid groups (broad SMARTS) is 1. The van der Waals surface area contributed by atoms with Gasteiger partial charge in [0.05, 0.1) is 23.8 Å². The lowest BCUT2D eigenvalue weighted by atomic mass is 9.75. The van der Waals surface area contributed by atoms with Gasteiger partial charge in [-0.25, -0.2) is 14.8 Å².